The maximum atomic E-state index is 11.7. The van der Waals surface area contributed by atoms with Crippen LogP contribution in [0.1, 0.15) is 37.1 Å². The number of primary amides is 1. The number of hydrogen-bond acceptors (Lipinski definition) is 6. The molecule has 1 aliphatic rings. The molecule has 0 spiro atoms. The van der Waals surface area contributed by atoms with E-state index < -0.39 is 11.9 Å². The highest BCUT2D eigenvalue weighted by Crippen LogP contribution is 2.36. The van der Waals surface area contributed by atoms with E-state index in [1.54, 1.807) is 0 Å². The SMILES string of the molecule is Cc1nsc(-c2nc(C)c3n2C(C)(C)CNC3C(N)=O)n1. The minimum atomic E-state index is -0.520. The van der Waals surface area contributed by atoms with Crippen molar-refractivity contribution < 1.29 is 4.79 Å². The van der Waals surface area contributed by atoms with Crippen LogP contribution in [-0.2, 0) is 10.3 Å². The zero-order chi connectivity index (χ0) is 15.4. The fourth-order valence-electron chi connectivity index (χ4n) is 2.79. The second-order valence-electron chi connectivity index (χ2n) is 5.92. The van der Waals surface area contributed by atoms with Gasteiger partial charge in [0.2, 0.25) is 5.91 Å². The van der Waals surface area contributed by atoms with Crippen molar-refractivity contribution in [2.45, 2.75) is 39.3 Å². The molecule has 0 bridgehead atoms. The van der Waals surface area contributed by atoms with Gasteiger partial charge in [0, 0.05) is 6.54 Å². The first-order valence-corrected chi connectivity index (χ1v) is 7.51. The first-order valence-electron chi connectivity index (χ1n) is 6.74. The van der Waals surface area contributed by atoms with Crippen molar-refractivity contribution in [2.75, 3.05) is 6.54 Å². The molecule has 0 aliphatic carbocycles. The molecule has 0 aromatic carbocycles. The summed E-state index contributed by atoms with van der Waals surface area (Å²) in [5, 5.41) is 3.97. The lowest BCUT2D eigenvalue weighted by atomic mass is 9.97. The van der Waals surface area contributed by atoms with Crippen LogP contribution < -0.4 is 11.1 Å². The van der Waals surface area contributed by atoms with Crippen molar-refractivity contribution >= 4 is 17.4 Å². The van der Waals surface area contributed by atoms with E-state index in [0.29, 0.717) is 6.54 Å². The molecule has 7 nitrogen and oxygen atoms in total. The molecule has 1 amide bonds. The van der Waals surface area contributed by atoms with Gasteiger partial charge in [-0.3, -0.25) is 10.1 Å². The Kier molecular flexibility index (Phi) is 3.10. The van der Waals surface area contributed by atoms with Crippen LogP contribution in [0.3, 0.4) is 0 Å². The number of aromatic nitrogens is 4. The highest BCUT2D eigenvalue weighted by Gasteiger charge is 2.39. The van der Waals surface area contributed by atoms with Crippen molar-refractivity contribution in [3.8, 4) is 10.8 Å². The van der Waals surface area contributed by atoms with Crippen LogP contribution in [0.2, 0.25) is 0 Å². The molecule has 0 saturated heterocycles. The number of aryl methyl sites for hydroxylation is 2. The summed E-state index contributed by atoms with van der Waals surface area (Å²) in [6, 6.07) is -0.520. The van der Waals surface area contributed by atoms with Gasteiger partial charge < -0.3 is 10.3 Å². The van der Waals surface area contributed by atoms with Gasteiger partial charge in [0.15, 0.2) is 10.8 Å². The molecule has 3 N–H and O–H groups in total. The first kappa shape index (κ1) is 14.2. The van der Waals surface area contributed by atoms with Gasteiger partial charge in [-0.2, -0.15) is 4.37 Å². The number of hydrogen-bond donors (Lipinski definition) is 2. The predicted octanol–water partition coefficient (Wildman–Crippen LogP) is 0.883. The van der Waals surface area contributed by atoms with Crippen LogP contribution in [0.25, 0.3) is 10.8 Å². The molecular formula is C13H18N6OS. The summed E-state index contributed by atoms with van der Waals surface area (Å²) in [7, 11) is 0. The Balaban J connectivity index is 2.26. The van der Waals surface area contributed by atoms with Crippen LogP contribution in [-0.4, -0.2) is 31.4 Å². The fraction of sp³-hybridized carbons (Fsp3) is 0.538. The van der Waals surface area contributed by atoms with Gasteiger partial charge in [-0.15, -0.1) is 0 Å². The van der Waals surface area contributed by atoms with Crippen molar-refractivity contribution in [2.24, 2.45) is 5.73 Å². The van der Waals surface area contributed by atoms with Gasteiger partial charge in [0.1, 0.15) is 11.9 Å². The van der Waals surface area contributed by atoms with Gasteiger partial charge in [0.25, 0.3) is 0 Å². The monoisotopic (exact) mass is 306 g/mol. The number of fused-ring (bicyclic) bond motifs is 1. The molecule has 0 saturated carbocycles. The second-order valence-corrected chi connectivity index (χ2v) is 6.67. The van der Waals surface area contributed by atoms with E-state index in [0.717, 1.165) is 28.0 Å². The highest BCUT2D eigenvalue weighted by molar-refractivity contribution is 7.09. The number of carbonyl (C=O) groups is 1. The average Bonchev–Trinajstić information content (AvgIpc) is 2.94. The van der Waals surface area contributed by atoms with Crippen LogP contribution in [0.5, 0.6) is 0 Å². The number of rotatable bonds is 2. The van der Waals surface area contributed by atoms with Gasteiger partial charge in [0.05, 0.1) is 16.9 Å². The Morgan fingerprint density at radius 3 is 2.71 bits per heavy atom. The van der Waals surface area contributed by atoms with Crippen molar-refractivity contribution in [3.63, 3.8) is 0 Å². The average molecular weight is 306 g/mol. The molecule has 3 rings (SSSR count). The topological polar surface area (TPSA) is 98.7 Å². The Morgan fingerprint density at radius 1 is 1.43 bits per heavy atom. The number of imidazole rings is 1. The van der Waals surface area contributed by atoms with E-state index in [9.17, 15) is 4.79 Å². The van der Waals surface area contributed by atoms with Crippen molar-refractivity contribution in [1.82, 2.24) is 24.2 Å². The molecule has 112 valence electrons. The summed E-state index contributed by atoms with van der Waals surface area (Å²) in [5.74, 6) is 1.09. The zero-order valence-corrected chi connectivity index (χ0v) is 13.3. The number of nitrogens with two attached hydrogens (primary N) is 1. The molecule has 21 heavy (non-hydrogen) atoms. The molecule has 0 radical (unpaired) electrons. The predicted molar refractivity (Wildman–Crippen MR) is 79.9 cm³/mol. The minimum Gasteiger partial charge on any atom is -0.368 e. The standard InChI is InChI=1S/C13H18N6OS/c1-6-9-8(10(14)20)15-5-13(3,4)19(9)11(16-6)12-17-7(2)18-21-12/h8,15H,5H2,1-4H3,(H2,14,20). The molecule has 2 aromatic rings. The van der Waals surface area contributed by atoms with Crippen LogP contribution in [0.15, 0.2) is 0 Å². The molecule has 1 unspecified atom stereocenters. The largest absolute Gasteiger partial charge is 0.368 e. The Hall–Kier alpha value is -1.80. The third kappa shape index (κ3) is 2.14. The van der Waals surface area contributed by atoms with Gasteiger partial charge in [-0.05, 0) is 39.2 Å². The summed E-state index contributed by atoms with van der Waals surface area (Å²) in [5.41, 5.74) is 6.91. The van der Waals surface area contributed by atoms with Gasteiger partial charge >= 0.3 is 0 Å². The van der Waals surface area contributed by atoms with E-state index in [2.05, 4.69) is 38.1 Å². The normalized spacial score (nSPS) is 20.3. The maximum Gasteiger partial charge on any atom is 0.240 e. The molecule has 8 heteroatoms. The van der Waals surface area contributed by atoms with E-state index in [1.807, 2.05) is 13.8 Å². The van der Waals surface area contributed by atoms with Crippen LogP contribution >= 0.6 is 11.5 Å². The number of nitrogens with zero attached hydrogens (tertiary/aromatic N) is 4. The quantitative estimate of drug-likeness (QED) is 0.858. The minimum absolute atomic E-state index is 0.225. The Morgan fingerprint density at radius 2 is 2.14 bits per heavy atom. The molecule has 3 heterocycles. The lowest BCUT2D eigenvalue weighted by Gasteiger charge is -2.38. The molecule has 2 aromatic heterocycles. The first-order chi connectivity index (χ1) is 9.81. The zero-order valence-electron chi connectivity index (χ0n) is 12.5. The van der Waals surface area contributed by atoms with Gasteiger partial charge in [-0.1, -0.05) is 0 Å². The fourth-order valence-corrected chi connectivity index (χ4v) is 3.44. The molecule has 1 atom stereocenters. The van der Waals surface area contributed by atoms with Crippen molar-refractivity contribution in [1.29, 1.82) is 0 Å². The van der Waals surface area contributed by atoms with E-state index in [-0.39, 0.29) is 5.54 Å². The Labute approximate surface area is 126 Å². The summed E-state index contributed by atoms with van der Waals surface area (Å²) in [6.45, 7) is 8.57. The summed E-state index contributed by atoms with van der Waals surface area (Å²) in [4.78, 5) is 20.8. The summed E-state index contributed by atoms with van der Waals surface area (Å²) in [6.07, 6.45) is 0. The van der Waals surface area contributed by atoms with Crippen molar-refractivity contribution in [3.05, 3.63) is 17.2 Å². The third-order valence-corrected chi connectivity index (χ3v) is 4.52. The lowest BCUT2D eigenvalue weighted by molar-refractivity contribution is -0.120. The summed E-state index contributed by atoms with van der Waals surface area (Å²) < 4.78 is 6.30. The van der Waals surface area contributed by atoms with E-state index >= 15 is 0 Å². The van der Waals surface area contributed by atoms with Crippen LogP contribution in [0.4, 0.5) is 0 Å². The number of carbonyl (C=O) groups excluding carboxylic acids is 1. The van der Waals surface area contributed by atoms with E-state index in [1.165, 1.54) is 11.5 Å². The number of nitrogens with one attached hydrogen (secondary N) is 1. The Bertz CT molecular complexity index is 716. The molecule has 1 aliphatic heterocycles. The molecule has 0 fully saturated rings. The van der Waals surface area contributed by atoms with E-state index in [4.69, 9.17) is 5.73 Å². The third-order valence-electron chi connectivity index (χ3n) is 3.72. The van der Waals surface area contributed by atoms with Crippen LogP contribution in [0, 0.1) is 13.8 Å². The molecular weight excluding hydrogens is 288 g/mol. The number of amides is 1. The lowest BCUT2D eigenvalue weighted by Crippen LogP contribution is -2.50. The second kappa shape index (κ2) is 4.60. The maximum absolute atomic E-state index is 11.7. The highest BCUT2D eigenvalue weighted by atomic mass is 32.1. The smallest absolute Gasteiger partial charge is 0.240 e. The summed E-state index contributed by atoms with van der Waals surface area (Å²) >= 11 is 1.32. The van der Waals surface area contributed by atoms with Gasteiger partial charge in [-0.25, -0.2) is 9.97 Å².